The molecule has 0 aliphatic rings. The fourth-order valence-electron chi connectivity index (χ4n) is 5.70. The number of benzene rings is 5. The molecular weight excluding hydrogens is 504 g/mol. The number of rotatable bonds is 4. The average molecular weight is 529 g/mol. The lowest BCUT2D eigenvalue weighted by atomic mass is 9.96. The van der Waals surface area contributed by atoms with Crippen LogP contribution in [0.3, 0.4) is 0 Å². The molecule has 0 unspecified atom stereocenters. The van der Waals surface area contributed by atoms with Gasteiger partial charge in [-0.05, 0) is 58.7 Å². The summed E-state index contributed by atoms with van der Waals surface area (Å²) < 4.78 is 4.85. The van der Waals surface area contributed by atoms with Crippen LogP contribution in [0.1, 0.15) is 0 Å². The Hall–Kier alpha value is -4.99. The number of imidazole rings is 1. The van der Waals surface area contributed by atoms with E-state index in [-0.39, 0.29) is 0 Å². The van der Waals surface area contributed by atoms with E-state index in [1.807, 2.05) is 23.5 Å². The zero-order valence-corrected chi connectivity index (χ0v) is 22.5. The maximum atomic E-state index is 5.02. The minimum absolute atomic E-state index is 0.945. The molecule has 0 bridgehead atoms. The van der Waals surface area contributed by atoms with E-state index in [2.05, 4.69) is 138 Å². The van der Waals surface area contributed by atoms with Crippen molar-refractivity contribution < 1.29 is 0 Å². The summed E-state index contributed by atoms with van der Waals surface area (Å²) in [5.41, 5.74) is 10.2. The topological polar surface area (TPSA) is 17.3 Å². The van der Waals surface area contributed by atoms with Gasteiger partial charge in [-0.25, -0.2) is 4.98 Å². The van der Waals surface area contributed by atoms with E-state index in [1.165, 1.54) is 42.4 Å². The Balaban J connectivity index is 1.23. The standard InChI is InChI=1S/C37H24N2S/c1-2-10-25(11-3-1)36-37(39-21-7-6-18-35(39)38-36)30-15-9-14-28(23-30)26-12-8-13-27(22-26)29-19-20-32-31-16-4-5-17-33(31)40-34(32)24-29/h1-24H. The van der Waals surface area contributed by atoms with Gasteiger partial charge in [0.15, 0.2) is 0 Å². The summed E-state index contributed by atoms with van der Waals surface area (Å²) in [4.78, 5) is 5.02. The van der Waals surface area contributed by atoms with Crippen molar-refractivity contribution in [2.75, 3.05) is 0 Å². The third-order valence-corrected chi connectivity index (χ3v) is 8.75. The van der Waals surface area contributed by atoms with Gasteiger partial charge in [0.05, 0.1) is 11.4 Å². The van der Waals surface area contributed by atoms with Gasteiger partial charge in [0.1, 0.15) is 5.65 Å². The van der Waals surface area contributed by atoms with Gasteiger partial charge in [-0.3, -0.25) is 4.40 Å². The van der Waals surface area contributed by atoms with Crippen LogP contribution in [0.4, 0.5) is 0 Å². The van der Waals surface area contributed by atoms with Crippen molar-refractivity contribution in [1.29, 1.82) is 0 Å². The molecule has 0 radical (unpaired) electrons. The summed E-state index contributed by atoms with van der Waals surface area (Å²) in [7, 11) is 0. The zero-order chi connectivity index (χ0) is 26.5. The SMILES string of the molecule is c1ccc(-c2nc3ccccn3c2-c2cccc(-c3cccc(-c4ccc5c(c4)sc4ccccc45)c3)c2)cc1. The van der Waals surface area contributed by atoms with Crippen LogP contribution >= 0.6 is 11.3 Å². The zero-order valence-electron chi connectivity index (χ0n) is 21.7. The predicted molar refractivity (Wildman–Crippen MR) is 170 cm³/mol. The molecular formula is C37H24N2S. The lowest BCUT2D eigenvalue weighted by molar-refractivity contribution is 1.19. The van der Waals surface area contributed by atoms with Crippen LogP contribution < -0.4 is 0 Å². The monoisotopic (exact) mass is 528 g/mol. The van der Waals surface area contributed by atoms with Gasteiger partial charge in [-0.15, -0.1) is 11.3 Å². The molecule has 0 spiro atoms. The Morgan fingerprint density at radius 1 is 0.450 bits per heavy atom. The van der Waals surface area contributed by atoms with Crippen LogP contribution in [0, 0.1) is 0 Å². The molecule has 3 heteroatoms. The first-order valence-electron chi connectivity index (χ1n) is 13.5. The fraction of sp³-hybridized carbons (Fsp3) is 0. The van der Waals surface area contributed by atoms with E-state index in [0.29, 0.717) is 0 Å². The lowest BCUT2D eigenvalue weighted by Crippen LogP contribution is -1.90. The maximum Gasteiger partial charge on any atom is 0.137 e. The summed E-state index contributed by atoms with van der Waals surface area (Å²) in [6, 6.07) is 49.8. The second-order valence-corrected chi connectivity index (χ2v) is 11.2. The maximum absolute atomic E-state index is 5.02. The van der Waals surface area contributed by atoms with Crippen LogP contribution in [0.15, 0.2) is 146 Å². The molecule has 0 aliphatic carbocycles. The third kappa shape index (κ3) is 3.83. The van der Waals surface area contributed by atoms with Gasteiger partial charge in [-0.1, -0.05) is 103 Å². The van der Waals surface area contributed by atoms with Crippen molar-refractivity contribution in [1.82, 2.24) is 9.38 Å². The molecule has 5 aromatic carbocycles. The van der Waals surface area contributed by atoms with Crippen LogP contribution in [0.2, 0.25) is 0 Å². The summed E-state index contributed by atoms with van der Waals surface area (Å²) in [5, 5.41) is 2.66. The number of aromatic nitrogens is 2. The van der Waals surface area contributed by atoms with Crippen LogP contribution in [-0.4, -0.2) is 9.38 Å². The molecule has 0 saturated heterocycles. The lowest BCUT2D eigenvalue weighted by Gasteiger charge is -2.10. The van der Waals surface area contributed by atoms with Crippen molar-refractivity contribution in [2.24, 2.45) is 0 Å². The first-order chi connectivity index (χ1) is 19.8. The van der Waals surface area contributed by atoms with Crippen molar-refractivity contribution in [2.45, 2.75) is 0 Å². The van der Waals surface area contributed by atoms with Crippen molar-refractivity contribution in [3.63, 3.8) is 0 Å². The molecule has 0 atom stereocenters. The first kappa shape index (κ1) is 22.9. The van der Waals surface area contributed by atoms with E-state index in [0.717, 1.165) is 28.2 Å². The molecule has 8 rings (SSSR count). The molecule has 0 amide bonds. The average Bonchev–Trinajstić information content (AvgIpc) is 3.60. The molecule has 3 aromatic heterocycles. The van der Waals surface area contributed by atoms with Gasteiger partial charge in [0.25, 0.3) is 0 Å². The van der Waals surface area contributed by atoms with Gasteiger partial charge in [-0.2, -0.15) is 0 Å². The number of thiophene rings is 1. The van der Waals surface area contributed by atoms with E-state index < -0.39 is 0 Å². The van der Waals surface area contributed by atoms with Crippen LogP contribution in [0.5, 0.6) is 0 Å². The summed E-state index contributed by atoms with van der Waals surface area (Å²) in [5.74, 6) is 0. The highest BCUT2D eigenvalue weighted by molar-refractivity contribution is 7.25. The second-order valence-electron chi connectivity index (χ2n) is 10.1. The van der Waals surface area contributed by atoms with Crippen LogP contribution in [0.25, 0.3) is 70.6 Å². The molecule has 0 saturated carbocycles. The quantitative estimate of drug-likeness (QED) is 0.222. The fourth-order valence-corrected chi connectivity index (χ4v) is 6.84. The Morgan fingerprint density at radius 2 is 1.07 bits per heavy atom. The van der Waals surface area contributed by atoms with Crippen LogP contribution in [-0.2, 0) is 0 Å². The number of pyridine rings is 1. The minimum Gasteiger partial charge on any atom is -0.299 e. The summed E-state index contributed by atoms with van der Waals surface area (Å²) in [6.07, 6.45) is 2.10. The van der Waals surface area contributed by atoms with Gasteiger partial charge in [0.2, 0.25) is 0 Å². The molecule has 3 heterocycles. The second kappa shape index (κ2) is 9.33. The predicted octanol–water partition coefficient (Wildman–Crippen LogP) is 10.4. The van der Waals surface area contributed by atoms with Gasteiger partial charge in [0, 0.05) is 37.5 Å². The van der Waals surface area contributed by atoms with Crippen molar-refractivity contribution in [3.05, 3.63) is 146 Å². The Labute approximate surface area is 236 Å². The molecule has 188 valence electrons. The summed E-state index contributed by atoms with van der Waals surface area (Å²) >= 11 is 1.86. The molecule has 8 aromatic rings. The number of hydrogen-bond acceptors (Lipinski definition) is 2. The summed E-state index contributed by atoms with van der Waals surface area (Å²) in [6.45, 7) is 0. The normalized spacial score (nSPS) is 11.5. The smallest absolute Gasteiger partial charge is 0.137 e. The van der Waals surface area contributed by atoms with Crippen molar-refractivity contribution >= 4 is 37.2 Å². The number of hydrogen-bond donors (Lipinski definition) is 0. The van der Waals surface area contributed by atoms with E-state index in [4.69, 9.17) is 4.98 Å². The van der Waals surface area contributed by atoms with Crippen molar-refractivity contribution in [3.8, 4) is 44.8 Å². The minimum atomic E-state index is 0.945. The molecule has 40 heavy (non-hydrogen) atoms. The molecule has 0 fully saturated rings. The highest BCUT2D eigenvalue weighted by Gasteiger charge is 2.16. The first-order valence-corrected chi connectivity index (χ1v) is 14.3. The van der Waals surface area contributed by atoms with E-state index >= 15 is 0 Å². The molecule has 0 N–H and O–H groups in total. The third-order valence-electron chi connectivity index (χ3n) is 7.62. The Morgan fingerprint density at radius 3 is 1.90 bits per heavy atom. The van der Waals surface area contributed by atoms with E-state index in [1.54, 1.807) is 0 Å². The Bertz CT molecular complexity index is 2170. The van der Waals surface area contributed by atoms with E-state index in [9.17, 15) is 0 Å². The highest BCUT2D eigenvalue weighted by atomic mass is 32.1. The largest absolute Gasteiger partial charge is 0.299 e. The van der Waals surface area contributed by atoms with Gasteiger partial charge < -0.3 is 0 Å². The number of fused-ring (bicyclic) bond motifs is 4. The number of nitrogens with zero attached hydrogens (tertiary/aromatic N) is 2. The highest BCUT2D eigenvalue weighted by Crippen LogP contribution is 2.38. The van der Waals surface area contributed by atoms with Gasteiger partial charge >= 0.3 is 0 Å². The molecule has 0 aliphatic heterocycles. The molecule has 2 nitrogen and oxygen atoms in total. The Kier molecular flexibility index (Phi) is 5.35.